The Labute approximate surface area is 201 Å². The van der Waals surface area contributed by atoms with Gasteiger partial charge in [0.05, 0.1) is 6.61 Å². The monoisotopic (exact) mass is 487 g/mol. The van der Waals surface area contributed by atoms with Gasteiger partial charge in [0, 0.05) is 27.1 Å². The van der Waals surface area contributed by atoms with Crippen LogP contribution in [-0.4, -0.2) is 18.5 Å². The fourth-order valence-electron chi connectivity index (χ4n) is 3.07. The van der Waals surface area contributed by atoms with Crippen molar-refractivity contribution in [3.8, 4) is 11.1 Å². The highest BCUT2D eigenvalue weighted by Gasteiger charge is 2.22. The van der Waals surface area contributed by atoms with E-state index in [0.29, 0.717) is 32.1 Å². The molecule has 0 aliphatic rings. The topological polar surface area (TPSA) is 55.4 Å². The molecule has 0 aliphatic carbocycles. The van der Waals surface area contributed by atoms with E-state index >= 15 is 0 Å². The first-order valence-corrected chi connectivity index (χ1v) is 11.8. The molecule has 1 aromatic heterocycles. The quantitative estimate of drug-likeness (QED) is 0.274. The van der Waals surface area contributed by atoms with Gasteiger partial charge >= 0.3 is 5.97 Å². The SMILES string of the molecule is CCOC(=O)c1c(-c2ccc(C(C)C)cc2)csc1NC(=O)/C=C/c1ccc(Cl)cc1Cl. The summed E-state index contributed by atoms with van der Waals surface area (Å²) in [6, 6.07) is 13.1. The molecule has 0 aliphatic heterocycles. The second-order valence-electron chi connectivity index (χ2n) is 7.34. The summed E-state index contributed by atoms with van der Waals surface area (Å²) in [5, 5.41) is 6.04. The number of nitrogens with one attached hydrogen (secondary N) is 1. The number of benzene rings is 2. The van der Waals surface area contributed by atoms with Gasteiger partial charge in [-0.2, -0.15) is 0 Å². The van der Waals surface area contributed by atoms with Gasteiger partial charge in [-0.3, -0.25) is 4.79 Å². The zero-order valence-electron chi connectivity index (χ0n) is 17.9. The molecule has 0 spiro atoms. The summed E-state index contributed by atoms with van der Waals surface area (Å²) in [4.78, 5) is 25.3. The summed E-state index contributed by atoms with van der Waals surface area (Å²) in [5.74, 6) is -0.450. The Bertz CT molecular complexity index is 1150. The third-order valence-electron chi connectivity index (χ3n) is 4.77. The molecule has 1 amide bonds. The zero-order valence-corrected chi connectivity index (χ0v) is 20.3. The predicted molar refractivity (Wildman–Crippen MR) is 134 cm³/mol. The molecule has 1 heterocycles. The van der Waals surface area contributed by atoms with E-state index in [9.17, 15) is 9.59 Å². The van der Waals surface area contributed by atoms with Crippen molar-refractivity contribution in [2.75, 3.05) is 11.9 Å². The van der Waals surface area contributed by atoms with Gasteiger partial charge in [0.15, 0.2) is 0 Å². The van der Waals surface area contributed by atoms with E-state index in [1.807, 2.05) is 29.6 Å². The van der Waals surface area contributed by atoms with Crippen LogP contribution in [0, 0.1) is 0 Å². The van der Waals surface area contributed by atoms with Crippen LogP contribution in [0.15, 0.2) is 53.9 Å². The lowest BCUT2D eigenvalue weighted by Gasteiger charge is -2.09. The predicted octanol–water partition coefficient (Wildman–Crippen LogP) is 7.67. The van der Waals surface area contributed by atoms with Crippen LogP contribution in [0.5, 0.6) is 0 Å². The lowest BCUT2D eigenvalue weighted by atomic mass is 9.98. The second kappa shape index (κ2) is 10.8. The molecule has 0 unspecified atom stereocenters. The van der Waals surface area contributed by atoms with Gasteiger partial charge in [-0.05, 0) is 47.7 Å². The minimum atomic E-state index is -0.475. The van der Waals surface area contributed by atoms with E-state index in [0.717, 1.165) is 11.1 Å². The Hall–Kier alpha value is -2.60. The second-order valence-corrected chi connectivity index (χ2v) is 9.06. The molecule has 3 aromatic rings. The Morgan fingerprint density at radius 3 is 2.47 bits per heavy atom. The highest BCUT2D eigenvalue weighted by atomic mass is 35.5. The average Bonchev–Trinajstić information content (AvgIpc) is 3.17. The summed E-state index contributed by atoms with van der Waals surface area (Å²) in [6.45, 7) is 6.24. The number of hydrogen-bond donors (Lipinski definition) is 1. The summed E-state index contributed by atoms with van der Waals surface area (Å²) < 4.78 is 5.26. The van der Waals surface area contributed by atoms with Gasteiger partial charge < -0.3 is 10.1 Å². The molecule has 0 bridgehead atoms. The van der Waals surface area contributed by atoms with Crippen molar-refractivity contribution < 1.29 is 14.3 Å². The van der Waals surface area contributed by atoms with Gasteiger partial charge in [0.25, 0.3) is 0 Å². The van der Waals surface area contributed by atoms with E-state index in [2.05, 4.69) is 19.2 Å². The molecule has 7 heteroatoms. The van der Waals surface area contributed by atoms with Crippen LogP contribution in [0.25, 0.3) is 17.2 Å². The average molecular weight is 488 g/mol. The first kappa shape index (κ1) is 24.1. The van der Waals surface area contributed by atoms with Crippen molar-refractivity contribution in [1.29, 1.82) is 0 Å². The van der Waals surface area contributed by atoms with Crippen LogP contribution >= 0.6 is 34.5 Å². The Morgan fingerprint density at radius 2 is 1.84 bits per heavy atom. The van der Waals surface area contributed by atoms with Gasteiger partial charge in [0.1, 0.15) is 10.6 Å². The van der Waals surface area contributed by atoms with Gasteiger partial charge in [0.2, 0.25) is 5.91 Å². The maximum Gasteiger partial charge on any atom is 0.341 e. The van der Waals surface area contributed by atoms with Crippen molar-refractivity contribution >= 4 is 57.5 Å². The third-order valence-corrected chi connectivity index (χ3v) is 6.23. The third kappa shape index (κ3) is 5.80. The van der Waals surface area contributed by atoms with Crippen LogP contribution in [0.1, 0.15) is 48.2 Å². The maximum absolute atomic E-state index is 12.7. The van der Waals surface area contributed by atoms with Gasteiger partial charge in [-0.15, -0.1) is 11.3 Å². The molecule has 3 rings (SSSR count). The summed E-state index contributed by atoms with van der Waals surface area (Å²) in [5.41, 5.74) is 3.83. The number of anilines is 1. The van der Waals surface area contributed by atoms with Crippen LogP contribution in [0.2, 0.25) is 10.0 Å². The van der Waals surface area contributed by atoms with Crippen LogP contribution < -0.4 is 5.32 Å². The number of hydrogen-bond acceptors (Lipinski definition) is 4. The molecule has 166 valence electrons. The van der Waals surface area contributed by atoms with Crippen molar-refractivity contribution in [3.63, 3.8) is 0 Å². The zero-order chi connectivity index (χ0) is 23.3. The molecule has 2 aromatic carbocycles. The number of esters is 1. The van der Waals surface area contributed by atoms with E-state index in [4.69, 9.17) is 27.9 Å². The molecule has 32 heavy (non-hydrogen) atoms. The minimum Gasteiger partial charge on any atom is -0.462 e. The van der Waals surface area contributed by atoms with Crippen LogP contribution in [0.4, 0.5) is 5.00 Å². The highest BCUT2D eigenvalue weighted by Crippen LogP contribution is 2.37. The Balaban J connectivity index is 1.88. The van der Waals surface area contributed by atoms with Crippen molar-refractivity contribution in [3.05, 3.63) is 80.7 Å². The number of halogens is 2. The normalized spacial score (nSPS) is 11.2. The molecule has 4 nitrogen and oxygen atoms in total. The van der Waals surface area contributed by atoms with Crippen molar-refractivity contribution in [2.45, 2.75) is 26.7 Å². The lowest BCUT2D eigenvalue weighted by Crippen LogP contribution is -2.12. The first-order chi connectivity index (χ1) is 15.3. The van der Waals surface area contributed by atoms with Gasteiger partial charge in [-0.1, -0.05) is 67.4 Å². The molecule has 0 saturated heterocycles. The molecular weight excluding hydrogens is 465 g/mol. The number of rotatable bonds is 7. The molecule has 0 fully saturated rings. The largest absolute Gasteiger partial charge is 0.462 e. The fourth-order valence-corrected chi connectivity index (χ4v) is 4.50. The number of ether oxygens (including phenoxy) is 1. The van der Waals surface area contributed by atoms with E-state index < -0.39 is 5.97 Å². The first-order valence-electron chi connectivity index (χ1n) is 10.1. The summed E-state index contributed by atoms with van der Waals surface area (Å²) in [6.07, 6.45) is 2.96. The minimum absolute atomic E-state index is 0.239. The lowest BCUT2D eigenvalue weighted by molar-refractivity contribution is -0.111. The number of amides is 1. The Morgan fingerprint density at radius 1 is 1.12 bits per heavy atom. The Kier molecular flexibility index (Phi) is 8.13. The smallest absolute Gasteiger partial charge is 0.341 e. The molecule has 0 saturated carbocycles. The molecule has 0 atom stereocenters. The van der Waals surface area contributed by atoms with Gasteiger partial charge in [-0.25, -0.2) is 4.79 Å². The fraction of sp³-hybridized carbons (Fsp3) is 0.200. The molecular formula is C25H23Cl2NO3S. The number of carbonyl (C=O) groups excluding carboxylic acids is 2. The highest BCUT2D eigenvalue weighted by molar-refractivity contribution is 7.15. The summed E-state index contributed by atoms with van der Waals surface area (Å²) in [7, 11) is 0. The molecule has 1 N–H and O–H groups in total. The van der Waals surface area contributed by atoms with E-state index in [1.54, 1.807) is 31.2 Å². The molecule has 0 radical (unpaired) electrons. The van der Waals surface area contributed by atoms with E-state index in [1.165, 1.54) is 23.0 Å². The maximum atomic E-state index is 12.7. The van der Waals surface area contributed by atoms with E-state index in [-0.39, 0.29) is 12.5 Å². The van der Waals surface area contributed by atoms with Crippen molar-refractivity contribution in [1.82, 2.24) is 0 Å². The number of carbonyl (C=O) groups is 2. The standard InChI is InChI=1S/C25H23Cl2NO3S/c1-4-31-25(30)23-20(17-7-5-16(6-8-17)15(2)3)14-32-24(23)28-22(29)12-10-18-9-11-19(26)13-21(18)27/h5-15H,4H2,1-3H3,(H,28,29)/b12-10+. The van der Waals surface area contributed by atoms with Crippen molar-refractivity contribution in [2.24, 2.45) is 0 Å². The number of thiophene rings is 1. The van der Waals surface area contributed by atoms with Crippen LogP contribution in [-0.2, 0) is 9.53 Å². The summed E-state index contributed by atoms with van der Waals surface area (Å²) >= 11 is 13.3. The van der Waals surface area contributed by atoms with Crippen LogP contribution in [0.3, 0.4) is 0 Å².